The number of ether oxygens (including phenoxy) is 2. The van der Waals surface area contributed by atoms with Crippen LogP contribution in [-0.2, 0) is 0 Å². The van der Waals surface area contributed by atoms with Crippen molar-refractivity contribution in [2.45, 2.75) is 6.04 Å². The Hall–Kier alpha value is -1.23. The van der Waals surface area contributed by atoms with Gasteiger partial charge in [-0.3, -0.25) is 0 Å². The Morgan fingerprint density at radius 3 is 2.33 bits per heavy atom. The molecule has 1 atom stereocenters. The van der Waals surface area contributed by atoms with Crippen LogP contribution in [0.5, 0.6) is 11.5 Å². The minimum atomic E-state index is -0.0228. The van der Waals surface area contributed by atoms with Crippen LogP contribution in [0, 0.1) is 0 Å². The zero-order valence-electron chi connectivity index (χ0n) is 12.1. The Kier molecular flexibility index (Phi) is 5.51. The van der Waals surface area contributed by atoms with Crippen molar-refractivity contribution in [1.29, 1.82) is 0 Å². The average molecular weight is 371 g/mol. The number of benzene rings is 2. The third-order valence-electron chi connectivity index (χ3n) is 3.30. The number of hydrogen-bond donors (Lipinski definition) is 1. The summed E-state index contributed by atoms with van der Waals surface area (Å²) in [6.07, 6.45) is 0. The molecular weight excluding hydrogens is 354 g/mol. The Morgan fingerprint density at radius 1 is 1.05 bits per heavy atom. The van der Waals surface area contributed by atoms with E-state index in [-0.39, 0.29) is 6.04 Å². The summed E-state index contributed by atoms with van der Waals surface area (Å²) in [6, 6.07) is 11.7. The van der Waals surface area contributed by atoms with Crippen molar-refractivity contribution in [2.24, 2.45) is 0 Å². The maximum absolute atomic E-state index is 6.36. The first-order chi connectivity index (χ1) is 10.1. The highest BCUT2D eigenvalue weighted by molar-refractivity contribution is 9.10. The SMILES string of the molecule is CNC(c1ccc(OC)c(OC)c1)c1ccc(Br)cc1Cl. The second kappa shape index (κ2) is 7.16. The lowest BCUT2D eigenvalue weighted by molar-refractivity contribution is 0.354. The van der Waals surface area contributed by atoms with E-state index in [0.29, 0.717) is 16.5 Å². The van der Waals surface area contributed by atoms with Gasteiger partial charge in [0.2, 0.25) is 0 Å². The first-order valence-corrected chi connectivity index (χ1v) is 7.62. The van der Waals surface area contributed by atoms with E-state index in [4.69, 9.17) is 21.1 Å². The first kappa shape index (κ1) is 16.1. The van der Waals surface area contributed by atoms with Gasteiger partial charge in [0.05, 0.1) is 20.3 Å². The van der Waals surface area contributed by atoms with E-state index in [1.165, 1.54) is 0 Å². The first-order valence-electron chi connectivity index (χ1n) is 6.44. The summed E-state index contributed by atoms with van der Waals surface area (Å²) in [5.41, 5.74) is 2.06. The molecule has 0 aliphatic heterocycles. The van der Waals surface area contributed by atoms with Gasteiger partial charge in [-0.25, -0.2) is 0 Å². The molecule has 0 aliphatic rings. The highest BCUT2D eigenvalue weighted by Gasteiger charge is 2.17. The van der Waals surface area contributed by atoms with Gasteiger partial charge >= 0.3 is 0 Å². The predicted molar refractivity (Wildman–Crippen MR) is 89.6 cm³/mol. The van der Waals surface area contributed by atoms with Crippen LogP contribution in [0.2, 0.25) is 5.02 Å². The Balaban J connectivity index is 2.46. The van der Waals surface area contributed by atoms with E-state index in [0.717, 1.165) is 15.6 Å². The lowest BCUT2D eigenvalue weighted by Gasteiger charge is -2.20. The summed E-state index contributed by atoms with van der Waals surface area (Å²) in [7, 11) is 5.15. The molecule has 2 aromatic rings. The topological polar surface area (TPSA) is 30.5 Å². The minimum absolute atomic E-state index is 0.0228. The fourth-order valence-electron chi connectivity index (χ4n) is 2.27. The highest BCUT2D eigenvalue weighted by atomic mass is 79.9. The molecule has 0 amide bonds. The standard InChI is InChI=1S/C16H17BrClNO2/c1-19-16(12-6-5-11(17)9-13(12)18)10-4-7-14(20-2)15(8-10)21-3/h4-9,16,19H,1-3H3. The van der Waals surface area contributed by atoms with Crippen LogP contribution >= 0.6 is 27.5 Å². The summed E-state index contributed by atoms with van der Waals surface area (Å²) in [5, 5.41) is 3.99. The van der Waals surface area contributed by atoms with Gasteiger partial charge in [-0.15, -0.1) is 0 Å². The van der Waals surface area contributed by atoms with Crippen LogP contribution in [0.1, 0.15) is 17.2 Å². The van der Waals surface area contributed by atoms with E-state index in [1.54, 1.807) is 14.2 Å². The third kappa shape index (κ3) is 3.51. The maximum Gasteiger partial charge on any atom is 0.161 e. The van der Waals surface area contributed by atoms with Crippen LogP contribution in [0.15, 0.2) is 40.9 Å². The van der Waals surface area contributed by atoms with Crippen molar-refractivity contribution in [3.05, 3.63) is 57.0 Å². The van der Waals surface area contributed by atoms with Crippen LogP contribution in [-0.4, -0.2) is 21.3 Å². The predicted octanol–water partition coefficient (Wildman–Crippen LogP) is 4.43. The molecule has 0 fully saturated rings. The second-order valence-electron chi connectivity index (χ2n) is 4.50. The van der Waals surface area contributed by atoms with Gasteiger partial charge in [-0.1, -0.05) is 39.7 Å². The van der Waals surface area contributed by atoms with E-state index < -0.39 is 0 Å². The smallest absolute Gasteiger partial charge is 0.161 e. The largest absolute Gasteiger partial charge is 0.493 e. The molecular formula is C16H17BrClNO2. The van der Waals surface area contributed by atoms with E-state index >= 15 is 0 Å². The normalized spacial score (nSPS) is 12.0. The minimum Gasteiger partial charge on any atom is -0.493 e. The molecule has 0 heterocycles. The molecule has 21 heavy (non-hydrogen) atoms. The van der Waals surface area contributed by atoms with Gasteiger partial charge in [-0.05, 0) is 42.4 Å². The molecule has 3 nitrogen and oxygen atoms in total. The summed E-state index contributed by atoms with van der Waals surface area (Å²) < 4.78 is 11.6. The molecule has 1 N–H and O–H groups in total. The summed E-state index contributed by atoms with van der Waals surface area (Å²) in [5.74, 6) is 1.40. The molecule has 0 spiro atoms. The fourth-order valence-corrected chi connectivity index (χ4v) is 3.05. The van der Waals surface area contributed by atoms with Crippen LogP contribution in [0.4, 0.5) is 0 Å². The Morgan fingerprint density at radius 2 is 1.76 bits per heavy atom. The van der Waals surface area contributed by atoms with Gasteiger partial charge in [0.25, 0.3) is 0 Å². The molecule has 0 aliphatic carbocycles. The molecule has 0 saturated carbocycles. The monoisotopic (exact) mass is 369 g/mol. The van der Waals surface area contributed by atoms with Crippen LogP contribution in [0.25, 0.3) is 0 Å². The van der Waals surface area contributed by atoms with Gasteiger partial charge in [-0.2, -0.15) is 0 Å². The van der Waals surface area contributed by atoms with Crippen molar-refractivity contribution < 1.29 is 9.47 Å². The third-order valence-corrected chi connectivity index (χ3v) is 4.12. The second-order valence-corrected chi connectivity index (χ2v) is 5.82. The van der Waals surface area contributed by atoms with Gasteiger partial charge in [0.15, 0.2) is 11.5 Å². The molecule has 0 radical (unpaired) electrons. The zero-order valence-corrected chi connectivity index (χ0v) is 14.5. The van der Waals surface area contributed by atoms with Gasteiger partial charge in [0, 0.05) is 9.50 Å². The maximum atomic E-state index is 6.36. The van der Waals surface area contributed by atoms with Crippen LogP contribution < -0.4 is 14.8 Å². The molecule has 5 heteroatoms. The van der Waals surface area contributed by atoms with Gasteiger partial charge in [0.1, 0.15) is 0 Å². The Labute approximate surface area is 138 Å². The number of rotatable bonds is 5. The molecule has 112 valence electrons. The van der Waals surface area contributed by atoms with Gasteiger partial charge < -0.3 is 14.8 Å². The van der Waals surface area contributed by atoms with E-state index in [9.17, 15) is 0 Å². The summed E-state index contributed by atoms with van der Waals surface area (Å²) >= 11 is 9.78. The van der Waals surface area contributed by atoms with Crippen molar-refractivity contribution in [3.8, 4) is 11.5 Å². The molecule has 0 aromatic heterocycles. The molecule has 1 unspecified atom stereocenters. The van der Waals surface area contributed by atoms with Crippen LogP contribution in [0.3, 0.4) is 0 Å². The Bertz CT molecular complexity index is 634. The fraction of sp³-hybridized carbons (Fsp3) is 0.250. The van der Waals surface area contributed by atoms with Crippen molar-refractivity contribution in [3.63, 3.8) is 0 Å². The highest BCUT2D eigenvalue weighted by Crippen LogP contribution is 2.35. The average Bonchev–Trinajstić information content (AvgIpc) is 2.49. The lowest BCUT2D eigenvalue weighted by atomic mass is 9.98. The molecule has 2 aromatic carbocycles. The van der Waals surface area contributed by atoms with Crippen molar-refractivity contribution >= 4 is 27.5 Å². The summed E-state index contributed by atoms with van der Waals surface area (Å²) in [6.45, 7) is 0. The number of halogens is 2. The van der Waals surface area contributed by atoms with Crippen molar-refractivity contribution in [2.75, 3.05) is 21.3 Å². The molecule has 0 bridgehead atoms. The number of hydrogen-bond acceptors (Lipinski definition) is 3. The summed E-state index contributed by atoms with van der Waals surface area (Å²) in [4.78, 5) is 0. The van der Waals surface area contributed by atoms with E-state index in [1.807, 2.05) is 43.4 Å². The molecule has 2 rings (SSSR count). The lowest BCUT2D eigenvalue weighted by Crippen LogP contribution is -2.18. The van der Waals surface area contributed by atoms with E-state index in [2.05, 4.69) is 21.2 Å². The quantitative estimate of drug-likeness (QED) is 0.844. The zero-order chi connectivity index (χ0) is 15.4. The van der Waals surface area contributed by atoms with Crippen molar-refractivity contribution in [1.82, 2.24) is 5.32 Å². The molecule has 0 saturated heterocycles. The number of nitrogens with one attached hydrogen (secondary N) is 1. The number of methoxy groups -OCH3 is 2.